The number of halogens is 1. The lowest BCUT2D eigenvalue weighted by Crippen LogP contribution is -2.27. The van der Waals surface area contributed by atoms with Crippen molar-refractivity contribution in [1.29, 1.82) is 0 Å². The molecule has 25 heavy (non-hydrogen) atoms. The molecule has 7 nitrogen and oxygen atoms in total. The Morgan fingerprint density at radius 1 is 1.08 bits per heavy atom. The Morgan fingerprint density at radius 2 is 1.80 bits per heavy atom. The molecule has 0 aliphatic carbocycles. The quantitative estimate of drug-likeness (QED) is 0.642. The van der Waals surface area contributed by atoms with E-state index >= 15 is 0 Å². The molecule has 1 atom stereocenters. The number of sulfonamides is 1. The van der Waals surface area contributed by atoms with Crippen LogP contribution in [0, 0.1) is 0 Å². The average molecular weight is 380 g/mol. The summed E-state index contributed by atoms with van der Waals surface area (Å²) >= 11 is 6.09. The minimum Gasteiger partial charge on any atom is -0.307 e. The Labute approximate surface area is 147 Å². The van der Waals surface area contributed by atoms with Gasteiger partial charge in [0, 0.05) is 11.1 Å². The van der Waals surface area contributed by atoms with Crippen LogP contribution in [-0.2, 0) is 10.0 Å². The first-order valence-electron chi connectivity index (χ1n) is 7.31. The fraction of sp³-hybridized carbons (Fsp3) is 0.125. The first kappa shape index (κ1) is 17.4. The Morgan fingerprint density at radius 3 is 2.52 bits per heavy atom. The van der Waals surface area contributed by atoms with Crippen molar-refractivity contribution in [3.63, 3.8) is 0 Å². The van der Waals surface area contributed by atoms with Crippen LogP contribution in [0.5, 0.6) is 0 Å². The standard InChI is InChI=1S/C16H14ClN3O4S/c1-9(11-4-2-3-5-13(11)17)20-25(23,24)10-6-7-14-12(8-10)15(21)19-16(22)18-14/h2-9,20H,1H3,(H2,18,19,21,22). The summed E-state index contributed by atoms with van der Waals surface area (Å²) < 4.78 is 27.8. The van der Waals surface area contributed by atoms with Gasteiger partial charge in [-0.2, -0.15) is 0 Å². The Hall–Kier alpha value is -2.42. The molecular formula is C16H14ClN3O4S. The number of nitrogens with one attached hydrogen (secondary N) is 3. The number of aromatic amines is 2. The van der Waals surface area contributed by atoms with E-state index in [4.69, 9.17) is 11.6 Å². The van der Waals surface area contributed by atoms with Crippen LogP contribution < -0.4 is 16.0 Å². The molecule has 0 aliphatic rings. The zero-order chi connectivity index (χ0) is 18.2. The van der Waals surface area contributed by atoms with Crippen molar-refractivity contribution < 1.29 is 8.42 Å². The minimum absolute atomic E-state index is 0.0767. The van der Waals surface area contributed by atoms with Crippen molar-refractivity contribution in [2.45, 2.75) is 17.9 Å². The molecule has 0 saturated carbocycles. The van der Waals surface area contributed by atoms with E-state index in [0.717, 1.165) is 0 Å². The largest absolute Gasteiger partial charge is 0.326 e. The normalized spacial score (nSPS) is 13.0. The summed E-state index contributed by atoms with van der Waals surface area (Å²) in [6.07, 6.45) is 0. The highest BCUT2D eigenvalue weighted by Gasteiger charge is 2.20. The third kappa shape index (κ3) is 3.51. The molecular weight excluding hydrogens is 366 g/mol. The number of hydrogen-bond acceptors (Lipinski definition) is 4. The SMILES string of the molecule is CC(NS(=O)(=O)c1ccc2[nH]c(=O)[nH]c(=O)c2c1)c1ccccc1Cl. The maximum Gasteiger partial charge on any atom is 0.326 e. The highest BCUT2D eigenvalue weighted by molar-refractivity contribution is 7.89. The van der Waals surface area contributed by atoms with Crippen molar-refractivity contribution in [1.82, 2.24) is 14.7 Å². The van der Waals surface area contributed by atoms with Crippen LogP contribution in [0.3, 0.4) is 0 Å². The molecule has 0 fully saturated rings. The van der Waals surface area contributed by atoms with Crippen molar-refractivity contribution in [3.8, 4) is 0 Å². The van der Waals surface area contributed by atoms with Crippen LogP contribution >= 0.6 is 11.6 Å². The van der Waals surface area contributed by atoms with Gasteiger partial charge in [0.15, 0.2) is 0 Å². The zero-order valence-corrected chi connectivity index (χ0v) is 14.6. The summed E-state index contributed by atoms with van der Waals surface area (Å²) in [5.74, 6) is 0. The number of aromatic nitrogens is 2. The monoisotopic (exact) mass is 379 g/mol. The van der Waals surface area contributed by atoms with E-state index in [1.807, 2.05) is 0 Å². The number of fused-ring (bicyclic) bond motifs is 1. The van der Waals surface area contributed by atoms with Crippen LogP contribution in [0.15, 0.2) is 56.9 Å². The van der Waals surface area contributed by atoms with Gasteiger partial charge in [-0.05, 0) is 36.8 Å². The third-order valence-electron chi connectivity index (χ3n) is 3.72. The van der Waals surface area contributed by atoms with Gasteiger partial charge in [-0.1, -0.05) is 29.8 Å². The summed E-state index contributed by atoms with van der Waals surface area (Å²) in [4.78, 5) is 27.5. The van der Waals surface area contributed by atoms with Gasteiger partial charge < -0.3 is 4.98 Å². The summed E-state index contributed by atoms with van der Waals surface area (Å²) in [6, 6.07) is 10.3. The van der Waals surface area contributed by atoms with Crippen molar-refractivity contribution in [3.05, 3.63) is 73.9 Å². The summed E-state index contributed by atoms with van der Waals surface area (Å²) in [5, 5.41) is 0.526. The van der Waals surface area contributed by atoms with E-state index in [1.54, 1.807) is 31.2 Å². The molecule has 1 unspecified atom stereocenters. The van der Waals surface area contributed by atoms with E-state index in [9.17, 15) is 18.0 Å². The fourth-order valence-corrected chi connectivity index (χ4v) is 4.05. The lowest BCUT2D eigenvalue weighted by Gasteiger charge is -2.16. The fourth-order valence-electron chi connectivity index (χ4n) is 2.50. The van der Waals surface area contributed by atoms with Crippen LogP contribution in [0.2, 0.25) is 5.02 Å². The molecule has 0 saturated heterocycles. The van der Waals surface area contributed by atoms with Crippen molar-refractivity contribution in [2.75, 3.05) is 0 Å². The number of H-pyrrole nitrogens is 2. The molecule has 2 aromatic carbocycles. The Kier molecular flexibility index (Phi) is 4.51. The molecule has 130 valence electrons. The molecule has 0 aliphatic heterocycles. The van der Waals surface area contributed by atoms with Crippen molar-refractivity contribution >= 4 is 32.5 Å². The molecule has 0 radical (unpaired) electrons. The Bertz CT molecular complexity index is 1170. The highest BCUT2D eigenvalue weighted by Crippen LogP contribution is 2.24. The van der Waals surface area contributed by atoms with E-state index in [2.05, 4.69) is 14.7 Å². The van der Waals surface area contributed by atoms with E-state index in [-0.39, 0.29) is 15.8 Å². The van der Waals surface area contributed by atoms with Gasteiger partial charge in [0.25, 0.3) is 5.56 Å². The molecule has 0 bridgehead atoms. The third-order valence-corrected chi connectivity index (χ3v) is 5.61. The summed E-state index contributed by atoms with van der Waals surface area (Å²) in [5.41, 5.74) is -0.420. The first-order valence-corrected chi connectivity index (χ1v) is 9.17. The van der Waals surface area contributed by atoms with Gasteiger partial charge in [0.2, 0.25) is 10.0 Å². The van der Waals surface area contributed by atoms with Crippen LogP contribution in [0.4, 0.5) is 0 Å². The topological polar surface area (TPSA) is 112 Å². The molecule has 3 N–H and O–H groups in total. The maximum atomic E-state index is 12.6. The number of hydrogen-bond donors (Lipinski definition) is 3. The minimum atomic E-state index is -3.90. The van der Waals surface area contributed by atoms with E-state index in [1.165, 1.54) is 18.2 Å². The van der Waals surface area contributed by atoms with Crippen LogP contribution in [0.1, 0.15) is 18.5 Å². The van der Waals surface area contributed by atoms with Gasteiger partial charge in [0.05, 0.1) is 15.8 Å². The smallest absolute Gasteiger partial charge is 0.307 e. The van der Waals surface area contributed by atoms with E-state index < -0.39 is 27.3 Å². The van der Waals surface area contributed by atoms with E-state index in [0.29, 0.717) is 10.6 Å². The second kappa shape index (κ2) is 6.47. The van der Waals surface area contributed by atoms with Gasteiger partial charge in [-0.25, -0.2) is 17.9 Å². The number of rotatable bonds is 4. The molecule has 0 spiro atoms. The molecule has 3 aromatic rings. The van der Waals surface area contributed by atoms with Gasteiger partial charge >= 0.3 is 5.69 Å². The first-order chi connectivity index (χ1) is 11.8. The van der Waals surface area contributed by atoms with Crippen LogP contribution in [-0.4, -0.2) is 18.4 Å². The second-order valence-corrected chi connectivity index (χ2v) is 7.60. The molecule has 1 aromatic heterocycles. The van der Waals surface area contributed by atoms with Crippen LogP contribution in [0.25, 0.3) is 10.9 Å². The second-order valence-electron chi connectivity index (χ2n) is 5.48. The highest BCUT2D eigenvalue weighted by atomic mass is 35.5. The maximum absolute atomic E-state index is 12.6. The lowest BCUT2D eigenvalue weighted by atomic mass is 10.1. The summed E-state index contributed by atoms with van der Waals surface area (Å²) in [6.45, 7) is 1.67. The molecule has 0 amide bonds. The lowest BCUT2D eigenvalue weighted by molar-refractivity contribution is 0.567. The summed E-state index contributed by atoms with van der Waals surface area (Å²) in [7, 11) is -3.90. The molecule has 9 heteroatoms. The Balaban J connectivity index is 2.00. The number of benzene rings is 2. The van der Waals surface area contributed by atoms with Crippen molar-refractivity contribution in [2.24, 2.45) is 0 Å². The molecule has 1 heterocycles. The predicted octanol–water partition coefficient (Wildman–Crippen LogP) is 1.91. The van der Waals surface area contributed by atoms with Gasteiger partial charge in [-0.15, -0.1) is 0 Å². The zero-order valence-electron chi connectivity index (χ0n) is 13.0. The predicted molar refractivity (Wildman–Crippen MR) is 95.4 cm³/mol. The average Bonchev–Trinajstić information content (AvgIpc) is 2.54. The van der Waals surface area contributed by atoms with Gasteiger partial charge in [-0.3, -0.25) is 9.78 Å². The van der Waals surface area contributed by atoms with Gasteiger partial charge in [0.1, 0.15) is 0 Å². The molecule has 3 rings (SSSR count).